The summed E-state index contributed by atoms with van der Waals surface area (Å²) in [6.45, 7) is 6.23. The molecule has 2 fully saturated rings. The second kappa shape index (κ2) is 6.18. The Morgan fingerprint density at radius 3 is 2.26 bits per heavy atom. The van der Waals surface area contributed by atoms with Gasteiger partial charge in [0.25, 0.3) is 0 Å². The molecule has 2 rings (SSSR count). The maximum absolute atomic E-state index is 12.7. The Hall–Kier alpha value is -0.680. The van der Waals surface area contributed by atoms with Crippen LogP contribution in [0.25, 0.3) is 0 Å². The topological polar surface area (TPSA) is 49.6 Å². The van der Waals surface area contributed by atoms with E-state index < -0.39 is 0 Å². The number of nitrogens with two attached hydrogens (primary N) is 1. The standard InChI is InChI=1S/C14H25N3OS/c1-14(5-3-2-4-6-14)13(18)17-9-7-16(8-10-17)11-12(15)19/h2-11H2,1H3,(H2,15,19). The summed E-state index contributed by atoms with van der Waals surface area (Å²) in [7, 11) is 0. The maximum Gasteiger partial charge on any atom is 0.228 e. The zero-order chi connectivity index (χ0) is 13.9. The summed E-state index contributed by atoms with van der Waals surface area (Å²) in [5.41, 5.74) is 5.46. The molecule has 0 bridgehead atoms. The average molecular weight is 283 g/mol. The largest absolute Gasteiger partial charge is 0.392 e. The number of hydrogen-bond donors (Lipinski definition) is 1. The Morgan fingerprint density at radius 2 is 1.74 bits per heavy atom. The predicted octanol–water partition coefficient (Wildman–Crippen LogP) is 1.39. The molecular formula is C14H25N3OS. The lowest BCUT2D eigenvalue weighted by atomic mass is 9.74. The molecule has 1 saturated carbocycles. The van der Waals surface area contributed by atoms with Crippen molar-refractivity contribution in [2.24, 2.45) is 11.1 Å². The molecule has 1 amide bonds. The van der Waals surface area contributed by atoms with Gasteiger partial charge in [-0.1, -0.05) is 38.4 Å². The number of carbonyl (C=O) groups excluding carboxylic acids is 1. The van der Waals surface area contributed by atoms with E-state index in [0.29, 0.717) is 17.4 Å². The van der Waals surface area contributed by atoms with Gasteiger partial charge in [-0.05, 0) is 12.8 Å². The first kappa shape index (κ1) is 14.7. The fourth-order valence-corrected chi connectivity index (χ4v) is 3.44. The molecule has 0 unspecified atom stereocenters. The number of thiocarbonyl (C=S) groups is 1. The highest BCUT2D eigenvalue weighted by Gasteiger charge is 2.38. The van der Waals surface area contributed by atoms with Crippen LogP contribution in [0.1, 0.15) is 39.0 Å². The third kappa shape index (κ3) is 3.66. The number of piperazine rings is 1. The average Bonchev–Trinajstić information content (AvgIpc) is 2.39. The van der Waals surface area contributed by atoms with Crippen molar-refractivity contribution in [3.05, 3.63) is 0 Å². The monoisotopic (exact) mass is 283 g/mol. The van der Waals surface area contributed by atoms with Gasteiger partial charge in [-0.25, -0.2) is 0 Å². The summed E-state index contributed by atoms with van der Waals surface area (Å²) in [6, 6.07) is 0. The minimum Gasteiger partial charge on any atom is -0.392 e. The van der Waals surface area contributed by atoms with Gasteiger partial charge < -0.3 is 10.6 Å². The molecule has 1 aliphatic carbocycles. The number of hydrogen-bond acceptors (Lipinski definition) is 3. The zero-order valence-corrected chi connectivity index (χ0v) is 12.7. The normalized spacial score (nSPS) is 24.2. The number of amides is 1. The van der Waals surface area contributed by atoms with Crippen molar-refractivity contribution >= 4 is 23.1 Å². The second-order valence-corrected chi connectivity index (χ2v) is 6.68. The van der Waals surface area contributed by atoms with Gasteiger partial charge in [0.05, 0.1) is 4.99 Å². The van der Waals surface area contributed by atoms with Crippen LogP contribution in [0.3, 0.4) is 0 Å². The van der Waals surface area contributed by atoms with E-state index in [1.54, 1.807) is 0 Å². The first-order valence-electron chi connectivity index (χ1n) is 7.31. The summed E-state index contributed by atoms with van der Waals surface area (Å²) in [5.74, 6) is 0.363. The predicted molar refractivity (Wildman–Crippen MR) is 81.0 cm³/mol. The molecule has 5 heteroatoms. The van der Waals surface area contributed by atoms with Gasteiger partial charge in [0.2, 0.25) is 5.91 Å². The first-order valence-corrected chi connectivity index (χ1v) is 7.72. The molecule has 0 aromatic carbocycles. The Labute approximate surface area is 121 Å². The van der Waals surface area contributed by atoms with E-state index in [-0.39, 0.29) is 5.41 Å². The minimum absolute atomic E-state index is 0.108. The molecule has 0 radical (unpaired) electrons. The Balaban J connectivity index is 1.86. The van der Waals surface area contributed by atoms with Crippen molar-refractivity contribution < 1.29 is 4.79 Å². The highest BCUT2D eigenvalue weighted by molar-refractivity contribution is 7.80. The minimum atomic E-state index is -0.108. The van der Waals surface area contributed by atoms with Crippen LogP contribution in [0.2, 0.25) is 0 Å². The lowest BCUT2D eigenvalue weighted by Gasteiger charge is -2.41. The van der Waals surface area contributed by atoms with Gasteiger partial charge in [0, 0.05) is 38.1 Å². The quantitative estimate of drug-likeness (QED) is 0.795. The maximum atomic E-state index is 12.7. The van der Waals surface area contributed by atoms with E-state index in [1.165, 1.54) is 19.3 Å². The Kier molecular flexibility index (Phi) is 4.79. The van der Waals surface area contributed by atoms with Crippen molar-refractivity contribution in [3.63, 3.8) is 0 Å². The van der Waals surface area contributed by atoms with E-state index in [2.05, 4.69) is 11.8 Å². The van der Waals surface area contributed by atoms with Gasteiger partial charge in [-0.15, -0.1) is 0 Å². The van der Waals surface area contributed by atoms with Crippen LogP contribution >= 0.6 is 12.2 Å². The fourth-order valence-electron chi connectivity index (χ4n) is 3.26. The Morgan fingerprint density at radius 1 is 1.16 bits per heavy atom. The van der Waals surface area contributed by atoms with Gasteiger partial charge in [0.1, 0.15) is 0 Å². The van der Waals surface area contributed by atoms with Crippen LogP contribution in [-0.4, -0.2) is 53.4 Å². The summed E-state index contributed by atoms with van der Waals surface area (Å²) < 4.78 is 0. The van der Waals surface area contributed by atoms with Crippen LogP contribution in [0.4, 0.5) is 0 Å². The summed E-state index contributed by atoms with van der Waals surface area (Å²) >= 11 is 4.93. The third-order valence-electron chi connectivity index (χ3n) is 4.51. The molecule has 108 valence electrons. The lowest BCUT2D eigenvalue weighted by molar-refractivity contribution is -0.144. The van der Waals surface area contributed by atoms with Crippen LogP contribution in [0.5, 0.6) is 0 Å². The molecule has 1 saturated heterocycles. The highest BCUT2D eigenvalue weighted by Crippen LogP contribution is 2.37. The van der Waals surface area contributed by atoms with Gasteiger partial charge in [-0.2, -0.15) is 0 Å². The highest BCUT2D eigenvalue weighted by atomic mass is 32.1. The molecule has 4 nitrogen and oxygen atoms in total. The second-order valence-electron chi connectivity index (χ2n) is 6.16. The molecule has 0 spiro atoms. The Bertz CT molecular complexity index is 345. The molecule has 2 aliphatic rings. The summed E-state index contributed by atoms with van der Waals surface area (Å²) in [4.78, 5) is 17.5. The molecule has 0 atom stereocenters. The first-order chi connectivity index (χ1) is 9.01. The molecule has 1 aliphatic heterocycles. The molecule has 2 N–H and O–H groups in total. The van der Waals surface area contributed by atoms with Crippen molar-refractivity contribution in [2.75, 3.05) is 32.7 Å². The van der Waals surface area contributed by atoms with Gasteiger partial charge in [0.15, 0.2) is 0 Å². The molecule has 0 aromatic heterocycles. The van der Waals surface area contributed by atoms with Crippen LogP contribution in [0.15, 0.2) is 0 Å². The smallest absolute Gasteiger partial charge is 0.228 e. The summed E-state index contributed by atoms with van der Waals surface area (Å²) in [5, 5.41) is 0. The van der Waals surface area contributed by atoms with Gasteiger partial charge >= 0.3 is 0 Å². The third-order valence-corrected chi connectivity index (χ3v) is 4.64. The SMILES string of the molecule is CC1(C(=O)N2CCN(CC(N)=S)CC2)CCCCC1. The number of carbonyl (C=O) groups is 1. The van der Waals surface area contributed by atoms with Crippen LogP contribution < -0.4 is 5.73 Å². The van der Waals surface area contributed by atoms with Crippen molar-refractivity contribution in [2.45, 2.75) is 39.0 Å². The van der Waals surface area contributed by atoms with E-state index >= 15 is 0 Å². The zero-order valence-electron chi connectivity index (χ0n) is 11.9. The van der Waals surface area contributed by atoms with Crippen molar-refractivity contribution in [1.82, 2.24) is 9.80 Å². The van der Waals surface area contributed by atoms with E-state index in [1.807, 2.05) is 4.90 Å². The van der Waals surface area contributed by atoms with E-state index in [4.69, 9.17) is 18.0 Å². The molecule has 1 heterocycles. The van der Waals surface area contributed by atoms with Gasteiger partial charge in [-0.3, -0.25) is 9.69 Å². The molecule has 19 heavy (non-hydrogen) atoms. The number of rotatable bonds is 3. The van der Waals surface area contributed by atoms with Crippen LogP contribution in [0, 0.1) is 5.41 Å². The molecule has 0 aromatic rings. The van der Waals surface area contributed by atoms with E-state index in [0.717, 1.165) is 39.0 Å². The van der Waals surface area contributed by atoms with Crippen molar-refractivity contribution in [3.8, 4) is 0 Å². The van der Waals surface area contributed by atoms with Crippen molar-refractivity contribution in [1.29, 1.82) is 0 Å². The number of nitrogens with zero attached hydrogens (tertiary/aromatic N) is 2. The van der Waals surface area contributed by atoms with E-state index in [9.17, 15) is 4.79 Å². The summed E-state index contributed by atoms with van der Waals surface area (Å²) in [6.07, 6.45) is 5.79. The fraction of sp³-hybridized carbons (Fsp3) is 0.857. The molecular weight excluding hydrogens is 258 g/mol. The van der Waals surface area contributed by atoms with Crippen LogP contribution in [-0.2, 0) is 4.79 Å². The lowest BCUT2D eigenvalue weighted by Crippen LogP contribution is -2.54.